The van der Waals surface area contributed by atoms with Crippen molar-refractivity contribution in [1.82, 2.24) is 19.9 Å². The number of nitrogens with zero attached hydrogens (tertiary/aromatic N) is 5. The van der Waals surface area contributed by atoms with Gasteiger partial charge in [-0.3, -0.25) is 4.98 Å². The average molecular weight is 325 g/mol. The molecule has 0 fully saturated rings. The number of aromatic nitrogens is 4. The average Bonchev–Trinajstić information content (AvgIpc) is 3.12. The third-order valence-corrected chi connectivity index (χ3v) is 3.71. The second-order valence-corrected chi connectivity index (χ2v) is 5.42. The van der Waals surface area contributed by atoms with E-state index in [1.165, 1.54) is 0 Å². The van der Waals surface area contributed by atoms with Crippen LogP contribution in [0.2, 0.25) is 0 Å². The van der Waals surface area contributed by atoms with Crippen LogP contribution in [0.4, 0.5) is 0 Å². The van der Waals surface area contributed by atoms with Gasteiger partial charge in [0.15, 0.2) is 11.6 Å². The highest BCUT2D eigenvalue weighted by molar-refractivity contribution is 5.79. The molecule has 120 valence electrons. The third-order valence-electron chi connectivity index (χ3n) is 3.71. The number of benzene rings is 2. The summed E-state index contributed by atoms with van der Waals surface area (Å²) in [6, 6.07) is 23.6. The van der Waals surface area contributed by atoms with Gasteiger partial charge >= 0.3 is 0 Å². The van der Waals surface area contributed by atoms with Gasteiger partial charge < -0.3 is 0 Å². The topological polar surface area (TPSA) is 56.0 Å². The number of pyridine rings is 1. The van der Waals surface area contributed by atoms with E-state index in [4.69, 9.17) is 0 Å². The van der Waals surface area contributed by atoms with E-state index in [9.17, 15) is 0 Å². The summed E-state index contributed by atoms with van der Waals surface area (Å²) in [5, 5.41) is 13.3. The molecule has 2 heterocycles. The first-order chi connectivity index (χ1) is 12.4. The lowest BCUT2D eigenvalue weighted by Gasteiger charge is -2.05. The van der Waals surface area contributed by atoms with Gasteiger partial charge in [0.25, 0.3) is 0 Å². The van der Waals surface area contributed by atoms with Crippen LogP contribution in [0.25, 0.3) is 22.8 Å². The molecule has 5 heteroatoms. The Morgan fingerprint density at radius 3 is 1.84 bits per heavy atom. The molecule has 0 saturated heterocycles. The van der Waals surface area contributed by atoms with Crippen molar-refractivity contribution in [3.8, 4) is 22.8 Å². The first kappa shape index (κ1) is 15.0. The molecule has 5 nitrogen and oxygen atoms in total. The van der Waals surface area contributed by atoms with Gasteiger partial charge in [-0.15, -0.1) is 10.2 Å². The van der Waals surface area contributed by atoms with Gasteiger partial charge in [-0.25, -0.2) is 0 Å². The van der Waals surface area contributed by atoms with Crippen LogP contribution in [0.1, 0.15) is 5.56 Å². The van der Waals surface area contributed by atoms with E-state index in [1.807, 2.05) is 72.8 Å². The van der Waals surface area contributed by atoms with Crippen LogP contribution in [-0.4, -0.2) is 26.1 Å². The molecular formula is C20H15N5. The van der Waals surface area contributed by atoms with Crippen LogP contribution in [-0.2, 0) is 0 Å². The van der Waals surface area contributed by atoms with Crippen molar-refractivity contribution in [2.45, 2.75) is 0 Å². The maximum Gasteiger partial charge on any atom is 0.185 e. The van der Waals surface area contributed by atoms with Gasteiger partial charge in [-0.2, -0.15) is 9.78 Å². The van der Waals surface area contributed by atoms with E-state index in [-0.39, 0.29) is 0 Å². The second-order valence-electron chi connectivity index (χ2n) is 5.42. The maximum atomic E-state index is 4.62. The first-order valence-electron chi connectivity index (χ1n) is 7.92. The lowest BCUT2D eigenvalue weighted by Crippen LogP contribution is -1.97. The largest absolute Gasteiger partial charge is 0.264 e. The Labute approximate surface area is 145 Å². The molecule has 0 aliphatic heterocycles. The third kappa shape index (κ3) is 3.21. The van der Waals surface area contributed by atoms with E-state index in [0.29, 0.717) is 11.6 Å². The summed E-state index contributed by atoms with van der Waals surface area (Å²) in [7, 11) is 0. The maximum absolute atomic E-state index is 4.62. The molecule has 0 aliphatic rings. The van der Waals surface area contributed by atoms with Crippen LogP contribution < -0.4 is 0 Å². The summed E-state index contributed by atoms with van der Waals surface area (Å²) in [6.45, 7) is 0. The van der Waals surface area contributed by atoms with Crippen molar-refractivity contribution in [3.63, 3.8) is 0 Å². The van der Waals surface area contributed by atoms with E-state index < -0.39 is 0 Å². The predicted octanol–water partition coefficient (Wildman–Crippen LogP) is 3.89. The Morgan fingerprint density at radius 1 is 0.720 bits per heavy atom. The Morgan fingerprint density at radius 2 is 1.32 bits per heavy atom. The molecule has 0 N–H and O–H groups in total. The van der Waals surface area contributed by atoms with Crippen molar-refractivity contribution < 1.29 is 0 Å². The summed E-state index contributed by atoms with van der Waals surface area (Å²) in [5.41, 5.74) is 2.83. The molecule has 4 rings (SSSR count). The molecule has 2 aromatic carbocycles. The molecule has 0 aliphatic carbocycles. The minimum Gasteiger partial charge on any atom is -0.264 e. The van der Waals surface area contributed by atoms with E-state index >= 15 is 0 Å². The molecule has 0 atom stereocenters. The van der Waals surface area contributed by atoms with Gasteiger partial charge in [-0.05, 0) is 6.07 Å². The van der Waals surface area contributed by atoms with E-state index in [2.05, 4.69) is 20.3 Å². The summed E-state index contributed by atoms with van der Waals surface area (Å²) < 4.78 is 1.76. The SMILES string of the molecule is C(=N\n1c(-c2ccccc2)nnc1-c1ccccc1)/c1cccnc1. The van der Waals surface area contributed by atoms with Crippen molar-refractivity contribution in [2.75, 3.05) is 0 Å². The summed E-state index contributed by atoms with van der Waals surface area (Å²) >= 11 is 0. The molecule has 0 amide bonds. The normalized spacial score (nSPS) is 11.0. The first-order valence-corrected chi connectivity index (χ1v) is 7.92. The molecule has 0 saturated carbocycles. The fourth-order valence-corrected chi connectivity index (χ4v) is 2.50. The molecule has 0 unspecified atom stereocenters. The lowest BCUT2D eigenvalue weighted by atomic mass is 10.2. The highest BCUT2D eigenvalue weighted by Gasteiger charge is 2.14. The molecule has 0 radical (unpaired) electrons. The minimum atomic E-state index is 0.694. The van der Waals surface area contributed by atoms with Crippen molar-refractivity contribution in [3.05, 3.63) is 90.8 Å². The smallest absolute Gasteiger partial charge is 0.185 e. The van der Waals surface area contributed by atoms with Crippen LogP contribution >= 0.6 is 0 Å². The second kappa shape index (κ2) is 6.88. The van der Waals surface area contributed by atoms with Crippen LogP contribution in [0.5, 0.6) is 0 Å². The molecule has 0 bridgehead atoms. The van der Waals surface area contributed by atoms with E-state index in [1.54, 1.807) is 23.3 Å². The lowest BCUT2D eigenvalue weighted by molar-refractivity contribution is 0.898. The Balaban J connectivity index is 1.84. The molecule has 0 spiro atoms. The highest BCUT2D eigenvalue weighted by Crippen LogP contribution is 2.24. The number of hydrogen-bond donors (Lipinski definition) is 0. The quantitative estimate of drug-likeness (QED) is 0.535. The van der Waals surface area contributed by atoms with Gasteiger partial charge in [0.2, 0.25) is 0 Å². The molecule has 2 aromatic heterocycles. The standard InChI is InChI=1S/C20H15N5/c1-3-9-17(10-4-1)19-23-24-20(18-11-5-2-6-12-18)25(19)22-15-16-8-7-13-21-14-16/h1-15H/b22-15+. The van der Waals surface area contributed by atoms with Crippen LogP contribution in [0.15, 0.2) is 90.3 Å². The van der Waals surface area contributed by atoms with Crippen molar-refractivity contribution in [2.24, 2.45) is 5.10 Å². The Hall–Kier alpha value is -3.60. The Kier molecular flexibility index (Phi) is 4.12. The number of hydrogen-bond acceptors (Lipinski definition) is 4. The monoisotopic (exact) mass is 325 g/mol. The Bertz CT molecular complexity index is 920. The molecule has 25 heavy (non-hydrogen) atoms. The zero-order chi connectivity index (χ0) is 16.9. The van der Waals surface area contributed by atoms with E-state index in [0.717, 1.165) is 16.7 Å². The van der Waals surface area contributed by atoms with Crippen LogP contribution in [0.3, 0.4) is 0 Å². The van der Waals surface area contributed by atoms with Gasteiger partial charge in [0, 0.05) is 29.1 Å². The highest BCUT2D eigenvalue weighted by atomic mass is 15.5. The van der Waals surface area contributed by atoms with Gasteiger partial charge in [-0.1, -0.05) is 66.7 Å². The summed E-state index contributed by atoms with van der Waals surface area (Å²) in [4.78, 5) is 4.11. The van der Waals surface area contributed by atoms with Crippen molar-refractivity contribution >= 4 is 6.21 Å². The number of rotatable bonds is 4. The molecular weight excluding hydrogens is 310 g/mol. The summed E-state index contributed by atoms with van der Waals surface area (Å²) in [6.07, 6.45) is 5.26. The van der Waals surface area contributed by atoms with Crippen LogP contribution in [0, 0.1) is 0 Å². The zero-order valence-electron chi connectivity index (χ0n) is 13.4. The fraction of sp³-hybridized carbons (Fsp3) is 0. The van der Waals surface area contributed by atoms with Crippen molar-refractivity contribution in [1.29, 1.82) is 0 Å². The molecule has 4 aromatic rings. The minimum absolute atomic E-state index is 0.694. The zero-order valence-corrected chi connectivity index (χ0v) is 13.4. The predicted molar refractivity (Wildman–Crippen MR) is 98.1 cm³/mol. The summed E-state index contributed by atoms with van der Waals surface area (Å²) in [5.74, 6) is 1.39. The van der Waals surface area contributed by atoms with Gasteiger partial charge in [0.05, 0.1) is 6.21 Å². The fourth-order valence-electron chi connectivity index (χ4n) is 2.50. The van der Waals surface area contributed by atoms with Gasteiger partial charge in [0.1, 0.15) is 0 Å².